The normalized spacial score (nSPS) is 16.4. The molecule has 3 heterocycles. The van der Waals surface area contributed by atoms with Gasteiger partial charge in [-0.1, -0.05) is 17.3 Å². The molecule has 1 saturated heterocycles. The van der Waals surface area contributed by atoms with Gasteiger partial charge in [0.15, 0.2) is 0 Å². The van der Waals surface area contributed by atoms with E-state index in [0.29, 0.717) is 30.0 Å². The lowest BCUT2D eigenvalue weighted by Gasteiger charge is -2.22. The molecule has 176 valence electrons. The average Bonchev–Trinajstić information content (AvgIpc) is 3.49. The molecule has 1 unspecified atom stereocenters. The predicted molar refractivity (Wildman–Crippen MR) is 111 cm³/mol. The summed E-state index contributed by atoms with van der Waals surface area (Å²) in [6.45, 7) is 2.10. The summed E-state index contributed by atoms with van der Waals surface area (Å²) in [6.07, 6.45) is -3.79. The van der Waals surface area contributed by atoms with Gasteiger partial charge in [-0.15, -0.1) is 0 Å². The highest BCUT2D eigenvalue weighted by atomic mass is 19.4. The highest BCUT2D eigenvalue weighted by Gasteiger charge is 2.39. The maximum Gasteiger partial charge on any atom is 0.431 e. The number of amides is 1. The number of aryl methyl sites for hydroxylation is 1. The number of carbonyl (C=O) groups excluding carboxylic acids is 1. The molecule has 0 spiro atoms. The van der Waals surface area contributed by atoms with Gasteiger partial charge in [-0.25, -0.2) is 4.39 Å². The fraction of sp³-hybridized carbons (Fsp3) is 0.391. The van der Waals surface area contributed by atoms with Crippen LogP contribution in [0.1, 0.15) is 40.5 Å². The zero-order valence-electron chi connectivity index (χ0n) is 18.2. The first-order valence-electron chi connectivity index (χ1n) is 10.5. The number of carbonyl (C=O) groups is 1. The fourth-order valence-corrected chi connectivity index (χ4v) is 4.03. The second-order valence-corrected chi connectivity index (χ2v) is 8.13. The van der Waals surface area contributed by atoms with Gasteiger partial charge in [-0.05, 0) is 43.5 Å². The first kappa shape index (κ1) is 23.0. The van der Waals surface area contributed by atoms with Gasteiger partial charge in [0, 0.05) is 31.8 Å². The van der Waals surface area contributed by atoms with E-state index in [1.165, 1.54) is 24.1 Å². The molecule has 4 rings (SSSR count). The largest absolute Gasteiger partial charge is 0.431 e. The summed E-state index contributed by atoms with van der Waals surface area (Å²) in [4.78, 5) is 14.8. The molecule has 1 amide bonds. The molecule has 0 bridgehead atoms. The van der Waals surface area contributed by atoms with E-state index in [1.54, 1.807) is 13.0 Å². The van der Waals surface area contributed by atoms with E-state index < -0.39 is 29.7 Å². The first-order valence-corrected chi connectivity index (χ1v) is 10.5. The predicted octanol–water partition coefficient (Wildman–Crippen LogP) is 5.06. The highest BCUT2D eigenvalue weighted by molar-refractivity contribution is 6.00. The van der Waals surface area contributed by atoms with Crippen LogP contribution in [0.25, 0.3) is 11.1 Å². The lowest BCUT2D eigenvalue weighted by molar-refractivity contribution is -0.144. The Kier molecular flexibility index (Phi) is 6.29. The Bertz CT molecular complexity index is 1130. The van der Waals surface area contributed by atoms with Crippen molar-refractivity contribution in [2.75, 3.05) is 13.7 Å². The third kappa shape index (κ3) is 4.95. The molecule has 1 aliphatic rings. The SMILES string of the molecule is Cc1cc(CN(C)C(=O)c2c(-c3ccc(F)cc3)cc(C(F)(F)F)n2CC2CCCO2)no1. The molecule has 1 atom stereocenters. The number of ether oxygens (including phenoxy) is 1. The van der Waals surface area contributed by atoms with Crippen molar-refractivity contribution in [3.05, 3.63) is 65.1 Å². The summed E-state index contributed by atoms with van der Waals surface area (Å²) in [7, 11) is 1.48. The van der Waals surface area contributed by atoms with Gasteiger partial charge >= 0.3 is 6.18 Å². The van der Waals surface area contributed by atoms with Crippen molar-refractivity contribution in [2.24, 2.45) is 0 Å². The van der Waals surface area contributed by atoms with E-state index in [1.807, 2.05) is 0 Å². The lowest BCUT2D eigenvalue weighted by atomic mass is 10.0. The van der Waals surface area contributed by atoms with E-state index in [2.05, 4.69) is 5.16 Å². The number of alkyl halides is 3. The minimum atomic E-state index is -4.70. The molecule has 3 aromatic rings. The quantitative estimate of drug-likeness (QED) is 0.478. The van der Waals surface area contributed by atoms with Crippen molar-refractivity contribution in [2.45, 2.75) is 45.1 Å². The van der Waals surface area contributed by atoms with Gasteiger partial charge in [0.25, 0.3) is 5.91 Å². The highest BCUT2D eigenvalue weighted by Crippen LogP contribution is 2.38. The molecule has 33 heavy (non-hydrogen) atoms. The Labute approximate surface area is 187 Å². The van der Waals surface area contributed by atoms with Crippen LogP contribution in [0.3, 0.4) is 0 Å². The Balaban J connectivity index is 1.82. The number of aromatic nitrogens is 2. The second kappa shape index (κ2) is 9.01. The van der Waals surface area contributed by atoms with E-state index in [0.717, 1.165) is 29.2 Å². The van der Waals surface area contributed by atoms with Crippen LogP contribution < -0.4 is 0 Å². The van der Waals surface area contributed by atoms with Crippen LogP contribution in [0.5, 0.6) is 0 Å². The van der Waals surface area contributed by atoms with E-state index in [-0.39, 0.29) is 24.3 Å². The molecule has 6 nitrogen and oxygen atoms in total. The summed E-state index contributed by atoms with van der Waals surface area (Å²) in [6, 6.07) is 7.62. The molecule has 1 fully saturated rings. The Morgan fingerprint density at radius 3 is 2.55 bits per heavy atom. The van der Waals surface area contributed by atoms with Crippen molar-refractivity contribution in [1.82, 2.24) is 14.6 Å². The Morgan fingerprint density at radius 1 is 1.24 bits per heavy atom. The summed E-state index contributed by atoms with van der Waals surface area (Å²) in [5.41, 5.74) is -0.228. The molecule has 0 radical (unpaired) electrons. The smallest absolute Gasteiger partial charge is 0.376 e. The third-order valence-corrected chi connectivity index (χ3v) is 5.58. The monoisotopic (exact) mass is 465 g/mol. The lowest BCUT2D eigenvalue weighted by Crippen LogP contribution is -2.31. The molecular formula is C23H23F4N3O3. The first-order chi connectivity index (χ1) is 15.6. The van der Waals surface area contributed by atoms with Crippen LogP contribution in [0.15, 0.2) is 40.9 Å². The number of rotatable bonds is 6. The number of nitrogens with zero attached hydrogens (tertiary/aromatic N) is 3. The maximum atomic E-state index is 14.0. The zero-order valence-corrected chi connectivity index (χ0v) is 18.2. The number of benzene rings is 1. The summed E-state index contributed by atoms with van der Waals surface area (Å²) < 4.78 is 67.2. The van der Waals surface area contributed by atoms with Gasteiger partial charge in [-0.2, -0.15) is 13.2 Å². The van der Waals surface area contributed by atoms with Crippen LogP contribution in [0.4, 0.5) is 17.6 Å². The van der Waals surface area contributed by atoms with Crippen LogP contribution in [-0.2, 0) is 24.0 Å². The standard InChI is InChI=1S/C23H23F4N3O3/c1-14-10-17(28-33-14)12-29(2)22(31)21-19(15-5-7-16(24)8-6-15)11-20(23(25,26)27)30(21)13-18-4-3-9-32-18/h5-8,10-11,18H,3-4,9,12-13H2,1-2H3. The van der Waals surface area contributed by atoms with Crippen molar-refractivity contribution in [3.8, 4) is 11.1 Å². The van der Waals surface area contributed by atoms with Gasteiger partial charge < -0.3 is 18.7 Å². The van der Waals surface area contributed by atoms with Gasteiger partial charge in [0.05, 0.1) is 12.6 Å². The van der Waals surface area contributed by atoms with Crippen LogP contribution in [-0.4, -0.2) is 40.3 Å². The van der Waals surface area contributed by atoms with Crippen molar-refractivity contribution >= 4 is 5.91 Å². The summed E-state index contributed by atoms with van der Waals surface area (Å²) >= 11 is 0. The molecule has 0 N–H and O–H groups in total. The fourth-order valence-electron chi connectivity index (χ4n) is 4.03. The number of hydrogen-bond donors (Lipinski definition) is 0. The van der Waals surface area contributed by atoms with Crippen molar-refractivity contribution in [1.29, 1.82) is 0 Å². The summed E-state index contributed by atoms with van der Waals surface area (Å²) in [5.74, 6) is -0.595. The minimum absolute atomic E-state index is 0.0471. The van der Waals surface area contributed by atoms with E-state index in [9.17, 15) is 22.4 Å². The van der Waals surface area contributed by atoms with Gasteiger partial charge in [0.1, 0.15) is 28.7 Å². The molecule has 0 aliphatic carbocycles. The topological polar surface area (TPSA) is 60.5 Å². The van der Waals surface area contributed by atoms with E-state index in [4.69, 9.17) is 9.26 Å². The number of hydrogen-bond acceptors (Lipinski definition) is 4. The summed E-state index contributed by atoms with van der Waals surface area (Å²) in [5, 5.41) is 3.85. The molecule has 10 heteroatoms. The van der Waals surface area contributed by atoms with Crippen molar-refractivity contribution < 1.29 is 31.6 Å². The second-order valence-electron chi connectivity index (χ2n) is 8.13. The van der Waals surface area contributed by atoms with Gasteiger partial charge in [-0.3, -0.25) is 4.79 Å². The van der Waals surface area contributed by atoms with Crippen LogP contribution in [0.2, 0.25) is 0 Å². The van der Waals surface area contributed by atoms with Crippen LogP contribution >= 0.6 is 0 Å². The zero-order chi connectivity index (χ0) is 23.8. The minimum Gasteiger partial charge on any atom is -0.376 e. The Hall–Kier alpha value is -3.14. The molecular weight excluding hydrogens is 442 g/mol. The van der Waals surface area contributed by atoms with Crippen LogP contribution in [0, 0.1) is 12.7 Å². The maximum absolute atomic E-state index is 14.0. The molecule has 1 aromatic carbocycles. The van der Waals surface area contributed by atoms with Gasteiger partial charge in [0.2, 0.25) is 0 Å². The average molecular weight is 465 g/mol. The van der Waals surface area contributed by atoms with E-state index >= 15 is 0 Å². The number of halogens is 4. The third-order valence-electron chi connectivity index (χ3n) is 5.58. The molecule has 1 aliphatic heterocycles. The van der Waals surface area contributed by atoms with Crippen molar-refractivity contribution in [3.63, 3.8) is 0 Å². The molecule has 2 aromatic heterocycles. The Morgan fingerprint density at radius 2 is 1.97 bits per heavy atom. The molecule has 0 saturated carbocycles.